The fraction of sp³-hybridized carbons (Fsp3) is 0.222. The summed E-state index contributed by atoms with van der Waals surface area (Å²) in [5, 5.41) is 21.6. The second kappa shape index (κ2) is 6.80. The molecule has 0 unspecified atom stereocenters. The van der Waals surface area contributed by atoms with E-state index in [1.54, 1.807) is 16.9 Å². The Balaban J connectivity index is 1.44. The lowest BCUT2D eigenvalue weighted by molar-refractivity contribution is 0.618. The van der Waals surface area contributed by atoms with Crippen molar-refractivity contribution in [3.63, 3.8) is 0 Å². The van der Waals surface area contributed by atoms with Crippen LogP contribution in [0.4, 0.5) is 15.9 Å². The third-order valence-electron chi connectivity index (χ3n) is 4.36. The number of benzene rings is 1. The van der Waals surface area contributed by atoms with Gasteiger partial charge in [-0.1, -0.05) is 0 Å². The van der Waals surface area contributed by atoms with Crippen LogP contribution >= 0.6 is 0 Å². The van der Waals surface area contributed by atoms with Gasteiger partial charge in [0.2, 0.25) is 0 Å². The normalized spacial score (nSPS) is 14.3. The Morgan fingerprint density at radius 3 is 2.35 bits per heavy atom. The molecule has 1 aliphatic rings. The fourth-order valence-corrected chi connectivity index (χ4v) is 3.03. The second-order valence-corrected chi connectivity index (χ2v) is 5.98. The Bertz CT molecular complexity index is 923. The summed E-state index contributed by atoms with van der Waals surface area (Å²) in [6.07, 6.45) is 3.51. The van der Waals surface area contributed by atoms with Gasteiger partial charge in [0.25, 0.3) is 0 Å². The molecule has 0 bridgehead atoms. The first-order chi connectivity index (χ1) is 12.7. The highest BCUT2D eigenvalue weighted by Gasteiger charge is 2.19. The molecule has 1 aromatic carbocycles. The van der Waals surface area contributed by atoms with Gasteiger partial charge in [0.15, 0.2) is 11.6 Å². The fourth-order valence-electron chi connectivity index (χ4n) is 3.03. The van der Waals surface area contributed by atoms with Crippen LogP contribution < -0.4 is 9.80 Å². The first kappa shape index (κ1) is 16.0. The molecule has 130 valence electrons. The van der Waals surface area contributed by atoms with E-state index in [0.29, 0.717) is 11.4 Å². The minimum atomic E-state index is -0.387. The van der Waals surface area contributed by atoms with Crippen LogP contribution in [-0.2, 0) is 0 Å². The second-order valence-electron chi connectivity index (χ2n) is 5.98. The van der Waals surface area contributed by atoms with Gasteiger partial charge in [0, 0.05) is 44.3 Å². The van der Waals surface area contributed by atoms with E-state index < -0.39 is 0 Å². The van der Waals surface area contributed by atoms with Gasteiger partial charge < -0.3 is 9.80 Å². The molecule has 0 N–H and O–H groups in total. The van der Waals surface area contributed by atoms with Crippen LogP contribution in [0.1, 0.15) is 5.56 Å². The van der Waals surface area contributed by atoms with E-state index in [-0.39, 0.29) is 5.82 Å². The van der Waals surface area contributed by atoms with Crippen LogP contribution in [0.15, 0.2) is 48.8 Å². The molecule has 0 saturated carbocycles. The van der Waals surface area contributed by atoms with E-state index in [1.807, 2.05) is 30.5 Å². The molecule has 1 saturated heterocycles. The Labute approximate surface area is 149 Å². The van der Waals surface area contributed by atoms with Crippen molar-refractivity contribution < 1.29 is 4.39 Å². The zero-order valence-electron chi connectivity index (χ0n) is 14.0. The molecule has 0 radical (unpaired) electrons. The first-order valence-electron chi connectivity index (χ1n) is 8.27. The monoisotopic (exact) mass is 349 g/mol. The first-order valence-corrected chi connectivity index (χ1v) is 8.27. The number of rotatable bonds is 3. The Morgan fingerprint density at radius 2 is 1.69 bits per heavy atom. The highest BCUT2D eigenvalue weighted by Crippen LogP contribution is 2.21. The van der Waals surface area contributed by atoms with Crippen molar-refractivity contribution >= 4 is 11.5 Å². The van der Waals surface area contributed by atoms with E-state index in [4.69, 9.17) is 5.26 Å². The van der Waals surface area contributed by atoms with E-state index in [1.165, 1.54) is 12.1 Å². The number of anilines is 2. The van der Waals surface area contributed by atoms with Gasteiger partial charge in [-0.25, -0.2) is 9.07 Å². The van der Waals surface area contributed by atoms with E-state index in [0.717, 1.165) is 37.7 Å². The third-order valence-corrected chi connectivity index (χ3v) is 4.36. The zero-order chi connectivity index (χ0) is 17.9. The maximum absolute atomic E-state index is 13.7. The summed E-state index contributed by atoms with van der Waals surface area (Å²) in [4.78, 5) is 4.22. The lowest BCUT2D eigenvalue weighted by Crippen LogP contribution is -2.47. The third kappa shape index (κ3) is 3.19. The highest BCUT2D eigenvalue weighted by atomic mass is 19.1. The van der Waals surface area contributed by atoms with Crippen molar-refractivity contribution in [2.75, 3.05) is 36.0 Å². The number of aromatic nitrogens is 4. The van der Waals surface area contributed by atoms with Crippen molar-refractivity contribution in [1.82, 2.24) is 20.0 Å². The van der Waals surface area contributed by atoms with Gasteiger partial charge in [-0.15, -0.1) is 10.2 Å². The summed E-state index contributed by atoms with van der Waals surface area (Å²) < 4.78 is 15.3. The van der Waals surface area contributed by atoms with Gasteiger partial charge >= 0.3 is 0 Å². The Morgan fingerprint density at radius 1 is 0.962 bits per heavy atom. The number of nitriles is 1. The highest BCUT2D eigenvalue weighted by molar-refractivity contribution is 5.53. The molecule has 0 aliphatic carbocycles. The van der Waals surface area contributed by atoms with Crippen molar-refractivity contribution in [2.24, 2.45) is 0 Å². The predicted molar refractivity (Wildman–Crippen MR) is 94.7 cm³/mol. The van der Waals surface area contributed by atoms with Crippen molar-refractivity contribution in [2.45, 2.75) is 0 Å². The van der Waals surface area contributed by atoms with Crippen molar-refractivity contribution in [3.8, 4) is 11.9 Å². The lowest BCUT2D eigenvalue weighted by Gasteiger charge is -2.36. The van der Waals surface area contributed by atoms with Gasteiger partial charge in [-0.05, 0) is 36.4 Å². The summed E-state index contributed by atoms with van der Waals surface area (Å²) in [6, 6.07) is 12.1. The van der Waals surface area contributed by atoms with Gasteiger partial charge in [-0.2, -0.15) is 10.4 Å². The van der Waals surface area contributed by atoms with Crippen LogP contribution in [0.3, 0.4) is 0 Å². The molecule has 4 rings (SSSR count). The molecule has 0 spiro atoms. The molecule has 0 amide bonds. The lowest BCUT2D eigenvalue weighted by atomic mass is 10.1. The number of piperazine rings is 1. The Hall–Kier alpha value is -3.47. The molecule has 2 aromatic heterocycles. The summed E-state index contributed by atoms with van der Waals surface area (Å²) in [5.74, 6) is 1.08. The number of nitrogens with zero attached hydrogens (tertiary/aromatic N) is 7. The average Bonchev–Trinajstić information content (AvgIpc) is 3.22. The molecule has 1 aliphatic heterocycles. The minimum absolute atomic E-state index is 0.336. The molecule has 3 aromatic rings. The smallest absolute Gasteiger partial charge is 0.175 e. The van der Waals surface area contributed by atoms with Gasteiger partial charge in [-0.3, -0.25) is 0 Å². The van der Waals surface area contributed by atoms with Crippen LogP contribution in [0.2, 0.25) is 0 Å². The van der Waals surface area contributed by atoms with E-state index >= 15 is 0 Å². The molecule has 3 heterocycles. The molecular weight excluding hydrogens is 333 g/mol. The van der Waals surface area contributed by atoms with Crippen molar-refractivity contribution in [1.29, 1.82) is 5.26 Å². The van der Waals surface area contributed by atoms with Crippen LogP contribution in [-0.4, -0.2) is 46.2 Å². The van der Waals surface area contributed by atoms with Crippen LogP contribution in [0.25, 0.3) is 5.82 Å². The van der Waals surface area contributed by atoms with Crippen LogP contribution in [0.5, 0.6) is 0 Å². The van der Waals surface area contributed by atoms with Crippen LogP contribution in [0, 0.1) is 17.1 Å². The average molecular weight is 349 g/mol. The summed E-state index contributed by atoms with van der Waals surface area (Å²) in [7, 11) is 0. The SMILES string of the molecule is N#Cc1cc(F)cc(N2CCN(c3ccc(-n4cccn4)nn3)CC2)c1. The molecule has 26 heavy (non-hydrogen) atoms. The van der Waals surface area contributed by atoms with Gasteiger partial charge in [0.1, 0.15) is 5.82 Å². The summed E-state index contributed by atoms with van der Waals surface area (Å²) in [5.41, 5.74) is 1.07. The molecule has 8 heteroatoms. The molecule has 0 atom stereocenters. The topological polar surface area (TPSA) is 73.9 Å². The summed E-state index contributed by atoms with van der Waals surface area (Å²) >= 11 is 0. The number of halogens is 1. The zero-order valence-corrected chi connectivity index (χ0v) is 14.0. The molecule has 7 nitrogen and oxygen atoms in total. The van der Waals surface area contributed by atoms with E-state index in [2.05, 4.69) is 25.1 Å². The van der Waals surface area contributed by atoms with E-state index in [9.17, 15) is 4.39 Å². The quantitative estimate of drug-likeness (QED) is 0.720. The number of hydrogen-bond donors (Lipinski definition) is 0. The Kier molecular flexibility index (Phi) is 4.19. The maximum atomic E-state index is 13.7. The summed E-state index contributed by atoms with van der Waals surface area (Å²) in [6.45, 7) is 2.93. The minimum Gasteiger partial charge on any atom is -0.368 e. The van der Waals surface area contributed by atoms with Gasteiger partial charge in [0.05, 0.1) is 11.6 Å². The number of hydrogen-bond acceptors (Lipinski definition) is 6. The molecular formula is C18H16FN7. The maximum Gasteiger partial charge on any atom is 0.175 e. The largest absolute Gasteiger partial charge is 0.368 e. The standard InChI is InChI=1S/C18H16FN7/c19-15-10-14(13-20)11-16(12-15)24-6-8-25(9-7-24)17-2-3-18(23-22-17)26-5-1-4-21-26/h1-5,10-12H,6-9H2. The van der Waals surface area contributed by atoms with Crippen molar-refractivity contribution in [3.05, 3.63) is 60.2 Å². The predicted octanol–water partition coefficient (Wildman–Crippen LogP) is 2.00. The molecule has 1 fully saturated rings.